The zero-order chi connectivity index (χ0) is 12.0. The normalized spacial score (nSPS) is 13.9. The van der Waals surface area contributed by atoms with Crippen LogP contribution in [0.5, 0.6) is 0 Å². The fourth-order valence-corrected chi connectivity index (χ4v) is 2.48. The van der Waals surface area contributed by atoms with E-state index in [9.17, 15) is 0 Å². The first-order chi connectivity index (χ1) is 7.53. The van der Waals surface area contributed by atoms with Crippen LogP contribution in [-0.4, -0.2) is 8.07 Å². The number of hydrogen-bond acceptors (Lipinski definition) is 0. The van der Waals surface area contributed by atoms with Crippen molar-refractivity contribution in [3.05, 3.63) is 60.3 Å². The highest BCUT2D eigenvalue weighted by Gasteiger charge is 2.08. The molecule has 1 aromatic rings. The Morgan fingerprint density at radius 1 is 1.19 bits per heavy atom. The van der Waals surface area contributed by atoms with Gasteiger partial charge in [-0.1, -0.05) is 67.8 Å². The summed E-state index contributed by atoms with van der Waals surface area (Å²) in [5, 5.41) is 0. The molecular formula is C15H22Si. The molecule has 1 aromatic carbocycles. The van der Waals surface area contributed by atoms with E-state index >= 15 is 0 Å². The van der Waals surface area contributed by atoms with Crippen molar-refractivity contribution in [1.29, 1.82) is 0 Å². The molecule has 1 unspecified atom stereocenters. The number of hydrogen-bond donors (Lipinski definition) is 0. The second-order valence-electron chi connectivity index (χ2n) is 5.26. The minimum absolute atomic E-state index is 0.453. The van der Waals surface area contributed by atoms with Crippen molar-refractivity contribution in [3.63, 3.8) is 0 Å². The first-order valence-electron chi connectivity index (χ1n) is 5.88. The molecule has 1 rings (SSSR count). The second kappa shape index (κ2) is 5.85. The van der Waals surface area contributed by atoms with Crippen molar-refractivity contribution in [2.24, 2.45) is 0 Å². The number of rotatable bonds is 5. The summed E-state index contributed by atoms with van der Waals surface area (Å²) in [6.45, 7) is 11.0. The van der Waals surface area contributed by atoms with Crippen LogP contribution in [0.4, 0.5) is 0 Å². The van der Waals surface area contributed by atoms with Gasteiger partial charge in [-0.25, -0.2) is 0 Å². The molecule has 0 heterocycles. The molecule has 0 bridgehead atoms. The Balaban J connectivity index is 2.64. The summed E-state index contributed by atoms with van der Waals surface area (Å²) in [6, 6.07) is 10.6. The molecule has 0 radical (unpaired) electrons. The van der Waals surface area contributed by atoms with Gasteiger partial charge in [0.15, 0.2) is 0 Å². The van der Waals surface area contributed by atoms with Crippen LogP contribution in [0.15, 0.2) is 54.8 Å². The molecule has 0 aliphatic heterocycles. The Morgan fingerprint density at radius 3 is 2.31 bits per heavy atom. The lowest BCUT2D eigenvalue weighted by Crippen LogP contribution is -2.15. The third kappa shape index (κ3) is 4.62. The molecule has 0 spiro atoms. The van der Waals surface area contributed by atoms with Gasteiger partial charge >= 0.3 is 0 Å². The van der Waals surface area contributed by atoms with E-state index in [0.29, 0.717) is 5.92 Å². The Bertz CT molecular complexity index is 343. The van der Waals surface area contributed by atoms with Gasteiger partial charge in [-0.05, 0) is 12.0 Å². The van der Waals surface area contributed by atoms with E-state index in [1.54, 1.807) is 0 Å². The number of benzene rings is 1. The van der Waals surface area contributed by atoms with Gasteiger partial charge in [-0.15, -0.1) is 6.58 Å². The monoisotopic (exact) mass is 230 g/mol. The molecule has 1 atom stereocenters. The minimum atomic E-state index is -1.05. The molecule has 1 heteroatoms. The highest BCUT2D eigenvalue weighted by molar-refractivity contribution is 6.80. The van der Waals surface area contributed by atoms with Gasteiger partial charge in [0.25, 0.3) is 0 Å². The van der Waals surface area contributed by atoms with Crippen LogP contribution in [0, 0.1) is 0 Å². The summed E-state index contributed by atoms with van der Waals surface area (Å²) in [6.07, 6.45) is 5.44. The maximum atomic E-state index is 3.93. The topological polar surface area (TPSA) is 0 Å². The fraction of sp³-hybridized carbons (Fsp3) is 0.333. The van der Waals surface area contributed by atoms with Crippen LogP contribution < -0.4 is 0 Å². The van der Waals surface area contributed by atoms with Crippen molar-refractivity contribution >= 4 is 8.07 Å². The quantitative estimate of drug-likeness (QED) is 0.504. The molecular weight excluding hydrogens is 208 g/mol. The predicted octanol–water partition coefficient (Wildman–Crippen LogP) is 4.78. The van der Waals surface area contributed by atoms with Crippen LogP contribution in [0.3, 0.4) is 0 Å². The lowest BCUT2D eigenvalue weighted by atomic mass is 9.96. The van der Waals surface area contributed by atoms with Gasteiger partial charge in [0, 0.05) is 5.92 Å². The maximum absolute atomic E-state index is 3.93. The SMILES string of the molecule is C=CC(C/C=C\[Si](C)(C)C)c1ccccc1. The Morgan fingerprint density at radius 2 is 1.81 bits per heavy atom. The van der Waals surface area contributed by atoms with Gasteiger partial charge in [0.1, 0.15) is 0 Å². The van der Waals surface area contributed by atoms with Gasteiger partial charge in [0.05, 0.1) is 8.07 Å². The summed E-state index contributed by atoms with van der Waals surface area (Å²) in [7, 11) is -1.05. The molecule has 16 heavy (non-hydrogen) atoms. The summed E-state index contributed by atoms with van der Waals surface area (Å²) in [5.74, 6) is 0.453. The van der Waals surface area contributed by atoms with Crippen LogP contribution in [0.1, 0.15) is 17.9 Å². The van der Waals surface area contributed by atoms with E-state index in [0.717, 1.165) is 6.42 Å². The smallest absolute Gasteiger partial charge is 0.0682 e. The summed E-state index contributed by atoms with van der Waals surface area (Å²) < 4.78 is 0. The summed E-state index contributed by atoms with van der Waals surface area (Å²) in [5.41, 5.74) is 3.77. The number of allylic oxidation sites excluding steroid dienone is 2. The van der Waals surface area contributed by atoms with E-state index in [4.69, 9.17) is 0 Å². The van der Waals surface area contributed by atoms with Gasteiger partial charge < -0.3 is 0 Å². The van der Waals surface area contributed by atoms with Crippen molar-refractivity contribution < 1.29 is 0 Å². The van der Waals surface area contributed by atoms with Gasteiger partial charge in [-0.3, -0.25) is 0 Å². The second-order valence-corrected chi connectivity index (χ2v) is 10.3. The molecule has 0 fully saturated rings. The van der Waals surface area contributed by atoms with E-state index < -0.39 is 8.07 Å². The Kier molecular flexibility index (Phi) is 4.75. The van der Waals surface area contributed by atoms with Crippen LogP contribution in [-0.2, 0) is 0 Å². The van der Waals surface area contributed by atoms with E-state index in [-0.39, 0.29) is 0 Å². The maximum Gasteiger partial charge on any atom is 0.0682 e. The van der Waals surface area contributed by atoms with Crippen molar-refractivity contribution in [3.8, 4) is 0 Å². The van der Waals surface area contributed by atoms with Crippen molar-refractivity contribution in [2.45, 2.75) is 32.0 Å². The third-order valence-corrected chi connectivity index (χ3v) is 3.76. The molecule has 0 saturated heterocycles. The Hall–Kier alpha value is -1.08. The molecule has 0 aliphatic rings. The van der Waals surface area contributed by atoms with Gasteiger partial charge in [-0.2, -0.15) is 0 Å². The molecule has 0 amide bonds. The molecule has 0 nitrogen and oxygen atoms in total. The highest BCUT2D eigenvalue weighted by atomic mass is 28.3. The Labute approximate surface area is 101 Å². The van der Waals surface area contributed by atoms with E-state index in [1.807, 2.05) is 6.08 Å². The lowest BCUT2D eigenvalue weighted by Gasteiger charge is -2.12. The molecule has 0 N–H and O–H groups in total. The fourth-order valence-electron chi connectivity index (χ4n) is 1.64. The van der Waals surface area contributed by atoms with Crippen LogP contribution in [0.2, 0.25) is 19.6 Å². The molecule has 0 saturated carbocycles. The molecule has 0 aromatic heterocycles. The van der Waals surface area contributed by atoms with Gasteiger partial charge in [0.2, 0.25) is 0 Å². The third-order valence-electron chi connectivity index (χ3n) is 2.52. The van der Waals surface area contributed by atoms with Crippen LogP contribution >= 0.6 is 0 Å². The molecule has 0 aliphatic carbocycles. The van der Waals surface area contributed by atoms with E-state index in [1.165, 1.54) is 5.56 Å². The minimum Gasteiger partial charge on any atom is -0.102 e. The molecule has 86 valence electrons. The van der Waals surface area contributed by atoms with E-state index in [2.05, 4.69) is 68.3 Å². The highest BCUT2D eigenvalue weighted by Crippen LogP contribution is 2.21. The summed E-state index contributed by atoms with van der Waals surface area (Å²) in [4.78, 5) is 0. The summed E-state index contributed by atoms with van der Waals surface area (Å²) >= 11 is 0. The average Bonchev–Trinajstić information content (AvgIpc) is 2.24. The van der Waals surface area contributed by atoms with Crippen molar-refractivity contribution in [2.75, 3.05) is 0 Å². The first-order valence-corrected chi connectivity index (χ1v) is 9.46. The lowest BCUT2D eigenvalue weighted by molar-refractivity contribution is 0.866. The zero-order valence-corrected chi connectivity index (χ0v) is 11.6. The average molecular weight is 230 g/mol. The van der Waals surface area contributed by atoms with Crippen LogP contribution in [0.25, 0.3) is 0 Å². The standard InChI is InChI=1S/C15H22Si/c1-5-14(12-9-13-16(2,3)4)15-10-7-6-8-11-15/h5-11,13-14H,1,12H2,2-4H3/b13-9-. The first kappa shape index (κ1) is 13.0. The predicted molar refractivity (Wildman–Crippen MR) is 76.5 cm³/mol. The zero-order valence-electron chi connectivity index (χ0n) is 10.6. The van der Waals surface area contributed by atoms with Crippen molar-refractivity contribution in [1.82, 2.24) is 0 Å². The largest absolute Gasteiger partial charge is 0.102 e.